The van der Waals surface area contributed by atoms with Crippen LogP contribution in [0.2, 0.25) is 0 Å². The van der Waals surface area contributed by atoms with E-state index in [1.54, 1.807) is 23.0 Å². The number of nitrogens with zero attached hydrogens (tertiary/aromatic N) is 2. The molecule has 1 heterocycles. The second-order valence-electron chi connectivity index (χ2n) is 6.07. The molecule has 6 heteroatoms. The number of aromatic nitrogens is 2. The van der Waals surface area contributed by atoms with Gasteiger partial charge in [-0.15, -0.1) is 0 Å². The van der Waals surface area contributed by atoms with Crippen LogP contribution in [0.4, 0.5) is 4.39 Å². The van der Waals surface area contributed by atoms with Crippen molar-refractivity contribution in [3.8, 4) is 5.69 Å². The number of nitrogens with one attached hydrogen (secondary N) is 1. The Morgan fingerprint density at radius 2 is 2.04 bits per heavy atom. The lowest BCUT2D eigenvalue weighted by Gasteiger charge is -2.09. The van der Waals surface area contributed by atoms with Crippen molar-refractivity contribution in [2.75, 3.05) is 12.3 Å². The van der Waals surface area contributed by atoms with Crippen molar-refractivity contribution < 1.29 is 9.18 Å². The van der Waals surface area contributed by atoms with Crippen LogP contribution in [0.1, 0.15) is 41.7 Å². The van der Waals surface area contributed by atoms with Crippen LogP contribution in [0.15, 0.2) is 30.5 Å². The van der Waals surface area contributed by atoms with E-state index in [4.69, 9.17) is 0 Å². The topological polar surface area (TPSA) is 46.9 Å². The maximum absolute atomic E-state index is 13.0. The summed E-state index contributed by atoms with van der Waals surface area (Å²) in [5.74, 6) is 0.552. The van der Waals surface area contributed by atoms with Crippen molar-refractivity contribution in [1.82, 2.24) is 15.1 Å². The number of hydrogen-bond acceptors (Lipinski definition) is 3. The predicted molar refractivity (Wildman–Crippen MR) is 95.3 cm³/mol. The van der Waals surface area contributed by atoms with E-state index in [0.717, 1.165) is 22.4 Å². The third kappa shape index (κ3) is 3.98. The van der Waals surface area contributed by atoms with Crippen LogP contribution >= 0.6 is 11.8 Å². The lowest BCUT2D eigenvalue weighted by Crippen LogP contribution is -2.26. The Kier molecular flexibility index (Phi) is 5.56. The summed E-state index contributed by atoms with van der Waals surface area (Å²) in [7, 11) is 0. The minimum atomic E-state index is -0.290. The molecule has 2 aromatic rings. The van der Waals surface area contributed by atoms with Crippen molar-refractivity contribution in [2.24, 2.45) is 0 Å². The van der Waals surface area contributed by atoms with Gasteiger partial charge in [-0.2, -0.15) is 16.9 Å². The van der Waals surface area contributed by atoms with Crippen LogP contribution in [0, 0.1) is 12.7 Å². The zero-order valence-corrected chi connectivity index (χ0v) is 14.6. The highest BCUT2D eigenvalue weighted by Gasteiger charge is 2.17. The number of rotatable bonds is 6. The van der Waals surface area contributed by atoms with Crippen LogP contribution in [0.5, 0.6) is 0 Å². The van der Waals surface area contributed by atoms with Crippen molar-refractivity contribution in [3.63, 3.8) is 0 Å². The molecule has 0 saturated heterocycles. The summed E-state index contributed by atoms with van der Waals surface area (Å²) < 4.78 is 14.7. The lowest BCUT2D eigenvalue weighted by molar-refractivity contribution is 0.0955. The average molecular weight is 347 g/mol. The molecule has 1 saturated carbocycles. The van der Waals surface area contributed by atoms with E-state index >= 15 is 0 Å². The number of halogens is 1. The van der Waals surface area contributed by atoms with E-state index in [-0.39, 0.29) is 11.7 Å². The maximum atomic E-state index is 13.0. The molecule has 3 rings (SSSR count). The Bertz CT molecular complexity index is 693. The molecule has 4 nitrogen and oxygen atoms in total. The van der Waals surface area contributed by atoms with Crippen molar-refractivity contribution >= 4 is 17.7 Å². The highest BCUT2D eigenvalue weighted by Crippen LogP contribution is 2.28. The molecule has 1 fully saturated rings. The van der Waals surface area contributed by atoms with Gasteiger partial charge in [-0.25, -0.2) is 9.07 Å². The monoisotopic (exact) mass is 347 g/mol. The van der Waals surface area contributed by atoms with Gasteiger partial charge < -0.3 is 5.32 Å². The molecule has 0 spiro atoms. The van der Waals surface area contributed by atoms with E-state index < -0.39 is 0 Å². The SMILES string of the molecule is Cc1c(C(=O)NCCSC2CCCC2)cnn1-c1ccc(F)cc1. The number of thioether (sulfide) groups is 1. The molecular formula is C18H22FN3OS. The normalized spacial score (nSPS) is 14.9. The fourth-order valence-corrected chi connectivity index (χ4v) is 4.24. The van der Waals surface area contributed by atoms with Crippen LogP contribution in [-0.4, -0.2) is 33.2 Å². The zero-order chi connectivity index (χ0) is 16.9. The molecule has 0 unspecified atom stereocenters. The first-order valence-electron chi connectivity index (χ1n) is 8.35. The quantitative estimate of drug-likeness (QED) is 0.810. The number of amides is 1. The highest BCUT2D eigenvalue weighted by atomic mass is 32.2. The number of carbonyl (C=O) groups is 1. The van der Waals surface area contributed by atoms with Gasteiger partial charge in [0, 0.05) is 17.5 Å². The molecular weight excluding hydrogens is 325 g/mol. The molecule has 1 aliphatic carbocycles. The summed E-state index contributed by atoms with van der Waals surface area (Å²) in [6.45, 7) is 2.51. The first-order chi connectivity index (χ1) is 11.6. The van der Waals surface area contributed by atoms with Gasteiger partial charge in [0.2, 0.25) is 0 Å². The van der Waals surface area contributed by atoms with E-state index in [0.29, 0.717) is 12.1 Å². The lowest BCUT2D eigenvalue weighted by atomic mass is 10.2. The number of carbonyl (C=O) groups excluding carboxylic acids is 1. The van der Waals surface area contributed by atoms with Crippen LogP contribution < -0.4 is 5.32 Å². The van der Waals surface area contributed by atoms with Gasteiger partial charge in [-0.3, -0.25) is 4.79 Å². The van der Waals surface area contributed by atoms with Crippen molar-refractivity contribution in [1.29, 1.82) is 0 Å². The minimum Gasteiger partial charge on any atom is -0.351 e. The van der Waals surface area contributed by atoms with Crippen molar-refractivity contribution in [3.05, 3.63) is 47.5 Å². The Morgan fingerprint density at radius 1 is 1.33 bits per heavy atom. The van der Waals surface area contributed by atoms with Gasteiger partial charge in [0.15, 0.2) is 0 Å². The zero-order valence-electron chi connectivity index (χ0n) is 13.8. The van der Waals surface area contributed by atoms with Gasteiger partial charge in [-0.1, -0.05) is 12.8 Å². The molecule has 0 bridgehead atoms. The Labute approximate surface area is 145 Å². The van der Waals surface area contributed by atoms with Gasteiger partial charge in [0.05, 0.1) is 23.1 Å². The molecule has 128 valence electrons. The molecule has 24 heavy (non-hydrogen) atoms. The summed E-state index contributed by atoms with van der Waals surface area (Å²) in [6, 6.07) is 6.07. The van der Waals surface area contributed by atoms with Gasteiger partial charge in [-0.05, 0) is 44.0 Å². The first kappa shape index (κ1) is 17.0. The number of benzene rings is 1. The predicted octanol–water partition coefficient (Wildman–Crippen LogP) is 3.73. The second kappa shape index (κ2) is 7.83. The molecule has 1 aromatic carbocycles. The average Bonchev–Trinajstić information content (AvgIpc) is 3.22. The molecule has 1 N–H and O–H groups in total. The first-order valence-corrected chi connectivity index (χ1v) is 9.40. The van der Waals surface area contributed by atoms with E-state index in [9.17, 15) is 9.18 Å². The van der Waals surface area contributed by atoms with Crippen LogP contribution in [0.25, 0.3) is 5.69 Å². The molecule has 0 aliphatic heterocycles. The Morgan fingerprint density at radius 3 is 2.75 bits per heavy atom. The number of hydrogen-bond donors (Lipinski definition) is 1. The summed E-state index contributed by atoms with van der Waals surface area (Å²) in [5.41, 5.74) is 2.05. The fraction of sp³-hybridized carbons (Fsp3) is 0.444. The third-order valence-corrected chi connectivity index (χ3v) is 5.75. The van der Waals surface area contributed by atoms with Gasteiger partial charge in [0.25, 0.3) is 5.91 Å². The summed E-state index contributed by atoms with van der Waals surface area (Å²) in [5, 5.41) is 7.99. The standard InChI is InChI=1S/C18H22FN3OS/c1-13-17(12-21-22(13)15-8-6-14(19)7-9-15)18(23)20-10-11-24-16-4-2-3-5-16/h6-9,12,16H,2-5,10-11H2,1H3,(H,20,23). The smallest absolute Gasteiger partial charge is 0.254 e. The molecule has 1 amide bonds. The highest BCUT2D eigenvalue weighted by molar-refractivity contribution is 7.99. The Hall–Kier alpha value is -1.82. The van der Waals surface area contributed by atoms with E-state index in [1.165, 1.54) is 37.8 Å². The van der Waals surface area contributed by atoms with E-state index in [1.807, 2.05) is 18.7 Å². The van der Waals surface area contributed by atoms with Crippen molar-refractivity contribution in [2.45, 2.75) is 37.9 Å². The molecule has 1 aliphatic rings. The van der Waals surface area contributed by atoms with E-state index in [2.05, 4.69) is 10.4 Å². The fourth-order valence-electron chi connectivity index (χ4n) is 3.02. The molecule has 0 radical (unpaired) electrons. The Balaban J connectivity index is 1.56. The van der Waals surface area contributed by atoms with Gasteiger partial charge in [0.1, 0.15) is 5.82 Å². The summed E-state index contributed by atoms with van der Waals surface area (Å²) in [6.07, 6.45) is 6.86. The largest absolute Gasteiger partial charge is 0.351 e. The van der Waals surface area contributed by atoms with Crippen LogP contribution in [0.3, 0.4) is 0 Å². The summed E-state index contributed by atoms with van der Waals surface area (Å²) in [4.78, 5) is 12.3. The summed E-state index contributed by atoms with van der Waals surface area (Å²) >= 11 is 1.96. The maximum Gasteiger partial charge on any atom is 0.254 e. The second-order valence-corrected chi connectivity index (χ2v) is 7.47. The molecule has 1 aromatic heterocycles. The van der Waals surface area contributed by atoms with Crippen LogP contribution in [-0.2, 0) is 0 Å². The minimum absolute atomic E-state index is 0.104. The third-order valence-electron chi connectivity index (χ3n) is 4.37. The van der Waals surface area contributed by atoms with Gasteiger partial charge >= 0.3 is 0 Å². The molecule has 0 atom stereocenters.